The molecule has 1 aromatic rings. The van der Waals surface area contributed by atoms with Crippen molar-refractivity contribution in [3.05, 3.63) is 17.5 Å². The van der Waals surface area contributed by atoms with Crippen LogP contribution >= 0.6 is 0 Å². The minimum atomic E-state index is -4.14. The molecule has 0 saturated carbocycles. The van der Waals surface area contributed by atoms with E-state index in [1.165, 1.54) is 0 Å². The summed E-state index contributed by atoms with van der Waals surface area (Å²) in [5, 5.41) is 8.88. The topological polar surface area (TPSA) is 52.8 Å². The monoisotopic (exact) mass is 284 g/mol. The predicted octanol–water partition coefficient (Wildman–Crippen LogP) is 2.83. The first-order valence-electron chi connectivity index (χ1n) is 6.45. The number of anilines is 1. The molecule has 1 saturated heterocycles. The molecule has 0 aromatic carbocycles. The Bertz CT molecular complexity index is 521. The molecule has 1 aromatic heterocycles. The maximum Gasteiger partial charge on any atom is 0.389 e. The molecule has 7 heteroatoms. The lowest BCUT2D eigenvalue weighted by atomic mass is 9.95. The molecule has 108 valence electrons. The Labute approximate surface area is 115 Å². The number of nitrogens with zero attached hydrogens (tertiary/aromatic N) is 4. The number of rotatable bonds is 2. The summed E-state index contributed by atoms with van der Waals surface area (Å²) in [6.45, 7) is 2.65. The van der Waals surface area contributed by atoms with Gasteiger partial charge in [0, 0.05) is 25.2 Å². The Morgan fingerprint density at radius 2 is 2.20 bits per heavy atom. The SMILES string of the molecule is Cc1cc(C#N)nc(N2CCCC(CC(F)(F)F)C2)n1. The zero-order valence-corrected chi connectivity index (χ0v) is 11.1. The quantitative estimate of drug-likeness (QED) is 0.838. The van der Waals surface area contributed by atoms with Gasteiger partial charge in [0.1, 0.15) is 11.8 Å². The molecule has 2 rings (SSSR count). The summed E-state index contributed by atoms with van der Waals surface area (Å²) in [7, 11) is 0. The van der Waals surface area contributed by atoms with Gasteiger partial charge in [-0.2, -0.15) is 18.4 Å². The van der Waals surface area contributed by atoms with Crippen LogP contribution in [0.3, 0.4) is 0 Å². The van der Waals surface area contributed by atoms with Gasteiger partial charge in [0.15, 0.2) is 0 Å². The summed E-state index contributed by atoms with van der Waals surface area (Å²) >= 11 is 0. The second-order valence-electron chi connectivity index (χ2n) is 5.08. The van der Waals surface area contributed by atoms with Crippen LogP contribution in [0.4, 0.5) is 19.1 Å². The molecule has 1 unspecified atom stereocenters. The summed E-state index contributed by atoms with van der Waals surface area (Å²) < 4.78 is 37.4. The molecule has 1 atom stereocenters. The molecule has 1 aliphatic rings. The summed E-state index contributed by atoms with van der Waals surface area (Å²) in [4.78, 5) is 10.0. The van der Waals surface area contributed by atoms with E-state index in [1.807, 2.05) is 6.07 Å². The van der Waals surface area contributed by atoms with E-state index in [-0.39, 0.29) is 12.2 Å². The Morgan fingerprint density at radius 1 is 1.45 bits per heavy atom. The van der Waals surface area contributed by atoms with Gasteiger partial charge in [-0.25, -0.2) is 9.97 Å². The number of piperidine rings is 1. The summed E-state index contributed by atoms with van der Waals surface area (Å²) in [5.41, 5.74) is 0.884. The van der Waals surface area contributed by atoms with Gasteiger partial charge >= 0.3 is 6.18 Å². The molecule has 0 bridgehead atoms. The van der Waals surface area contributed by atoms with Crippen molar-refractivity contribution in [1.29, 1.82) is 5.26 Å². The van der Waals surface area contributed by atoms with Crippen molar-refractivity contribution < 1.29 is 13.2 Å². The smallest absolute Gasteiger partial charge is 0.341 e. The van der Waals surface area contributed by atoms with Crippen molar-refractivity contribution in [3.8, 4) is 6.07 Å². The molecule has 0 radical (unpaired) electrons. The van der Waals surface area contributed by atoms with Gasteiger partial charge in [0.25, 0.3) is 0 Å². The fourth-order valence-electron chi connectivity index (χ4n) is 2.49. The molecule has 1 aliphatic heterocycles. The number of aromatic nitrogens is 2. The van der Waals surface area contributed by atoms with E-state index in [9.17, 15) is 13.2 Å². The molecule has 0 spiro atoms. The highest BCUT2D eigenvalue weighted by molar-refractivity contribution is 5.36. The molecule has 0 N–H and O–H groups in total. The lowest BCUT2D eigenvalue weighted by Crippen LogP contribution is -2.38. The van der Waals surface area contributed by atoms with E-state index in [2.05, 4.69) is 9.97 Å². The highest BCUT2D eigenvalue weighted by Crippen LogP contribution is 2.31. The number of hydrogen-bond donors (Lipinski definition) is 0. The van der Waals surface area contributed by atoms with Crippen molar-refractivity contribution in [2.24, 2.45) is 5.92 Å². The summed E-state index contributed by atoms with van der Waals surface area (Å²) in [6, 6.07) is 3.50. The molecule has 0 aliphatic carbocycles. The van der Waals surface area contributed by atoms with Crippen molar-refractivity contribution in [1.82, 2.24) is 9.97 Å². The number of hydrogen-bond acceptors (Lipinski definition) is 4. The van der Waals surface area contributed by atoms with Crippen LogP contribution in [0.1, 0.15) is 30.7 Å². The predicted molar refractivity (Wildman–Crippen MR) is 67.1 cm³/mol. The first-order valence-corrected chi connectivity index (χ1v) is 6.45. The maximum absolute atomic E-state index is 12.5. The standard InChI is InChI=1S/C13H15F3N4/c1-9-5-11(7-17)19-12(18-9)20-4-2-3-10(8-20)6-13(14,15)16/h5,10H,2-4,6,8H2,1H3. The minimum Gasteiger partial charge on any atom is -0.341 e. The lowest BCUT2D eigenvalue weighted by Gasteiger charge is -2.33. The molecular formula is C13H15F3N4. The molecule has 20 heavy (non-hydrogen) atoms. The van der Waals surface area contributed by atoms with E-state index in [4.69, 9.17) is 5.26 Å². The average molecular weight is 284 g/mol. The van der Waals surface area contributed by atoms with Gasteiger partial charge in [-0.15, -0.1) is 0 Å². The van der Waals surface area contributed by atoms with Crippen molar-refractivity contribution in [2.75, 3.05) is 18.0 Å². The minimum absolute atomic E-state index is 0.241. The van der Waals surface area contributed by atoms with Crippen molar-refractivity contribution in [3.63, 3.8) is 0 Å². The fraction of sp³-hybridized carbons (Fsp3) is 0.615. The number of aryl methyl sites for hydroxylation is 1. The van der Waals surface area contributed by atoms with Crippen molar-refractivity contribution in [2.45, 2.75) is 32.4 Å². The van der Waals surface area contributed by atoms with Gasteiger partial charge in [-0.05, 0) is 31.7 Å². The zero-order valence-electron chi connectivity index (χ0n) is 11.1. The summed E-state index contributed by atoms with van der Waals surface area (Å²) in [5.74, 6) is -0.0770. The Morgan fingerprint density at radius 3 is 2.85 bits per heavy atom. The van der Waals surface area contributed by atoms with Gasteiger partial charge in [0.2, 0.25) is 5.95 Å². The highest BCUT2D eigenvalue weighted by Gasteiger charge is 2.34. The van der Waals surface area contributed by atoms with Crippen LogP contribution in [-0.2, 0) is 0 Å². The third-order valence-corrected chi connectivity index (χ3v) is 3.28. The maximum atomic E-state index is 12.5. The van der Waals surface area contributed by atoms with Gasteiger partial charge in [0.05, 0.1) is 0 Å². The molecule has 0 amide bonds. The Balaban J connectivity index is 2.13. The number of nitriles is 1. The summed E-state index contributed by atoms with van der Waals surface area (Å²) in [6.07, 6.45) is -3.67. The zero-order chi connectivity index (χ0) is 14.8. The first kappa shape index (κ1) is 14.6. The molecule has 1 fully saturated rings. The molecule has 4 nitrogen and oxygen atoms in total. The van der Waals surface area contributed by atoms with Crippen LogP contribution in [0.2, 0.25) is 0 Å². The highest BCUT2D eigenvalue weighted by atomic mass is 19.4. The second kappa shape index (κ2) is 5.65. The molecule has 2 heterocycles. The van der Waals surface area contributed by atoms with E-state index in [0.29, 0.717) is 31.0 Å². The third kappa shape index (κ3) is 3.83. The second-order valence-corrected chi connectivity index (χ2v) is 5.08. The largest absolute Gasteiger partial charge is 0.389 e. The van der Waals surface area contributed by atoms with E-state index < -0.39 is 18.5 Å². The molecular weight excluding hydrogens is 269 g/mol. The van der Waals surface area contributed by atoms with Gasteiger partial charge < -0.3 is 4.90 Å². The number of alkyl halides is 3. The third-order valence-electron chi connectivity index (χ3n) is 3.28. The van der Waals surface area contributed by atoms with Crippen molar-refractivity contribution >= 4 is 5.95 Å². The number of halogens is 3. The first-order chi connectivity index (χ1) is 9.37. The normalized spacial score (nSPS) is 19.8. The van der Waals surface area contributed by atoms with Crippen LogP contribution in [0.25, 0.3) is 0 Å². The van der Waals surface area contributed by atoms with E-state index >= 15 is 0 Å². The Hall–Kier alpha value is -1.84. The van der Waals surface area contributed by atoms with Crippen LogP contribution in [0, 0.1) is 24.2 Å². The van der Waals surface area contributed by atoms with E-state index in [0.717, 1.165) is 0 Å². The van der Waals surface area contributed by atoms with Crippen LogP contribution in [-0.4, -0.2) is 29.2 Å². The van der Waals surface area contributed by atoms with E-state index in [1.54, 1.807) is 17.9 Å². The van der Waals surface area contributed by atoms with Crippen LogP contribution < -0.4 is 4.90 Å². The van der Waals surface area contributed by atoms with Crippen LogP contribution in [0.15, 0.2) is 6.07 Å². The van der Waals surface area contributed by atoms with Gasteiger partial charge in [-0.1, -0.05) is 0 Å². The lowest BCUT2D eigenvalue weighted by molar-refractivity contribution is -0.144. The fourth-order valence-corrected chi connectivity index (χ4v) is 2.49. The van der Waals surface area contributed by atoms with Gasteiger partial charge in [-0.3, -0.25) is 0 Å². The Kier molecular flexibility index (Phi) is 4.12. The average Bonchev–Trinajstić information content (AvgIpc) is 2.36. The van der Waals surface area contributed by atoms with Crippen LogP contribution in [0.5, 0.6) is 0 Å².